The molecule has 5 heteroatoms. The fourth-order valence-electron chi connectivity index (χ4n) is 2.30. The molecule has 1 aliphatic heterocycles. The van der Waals surface area contributed by atoms with Crippen LogP contribution in [0.15, 0.2) is 0 Å². The molecule has 0 saturated carbocycles. The Morgan fingerprint density at radius 1 is 1.47 bits per heavy atom. The van der Waals surface area contributed by atoms with Gasteiger partial charge in [-0.3, -0.25) is 4.79 Å². The fraction of sp³-hybridized carbons (Fsp3) is 0.917. The molecule has 1 N–H and O–H groups in total. The summed E-state index contributed by atoms with van der Waals surface area (Å²) in [5.41, 5.74) is 0. The predicted octanol–water partition coefficient (Wildman–Crippen LogP) is 0.368. The number of amides is 1. The minimum atomic E-state index is 0.186. The van der Waals surface area contributed by atoms with Gasteiger partial charge in [0.05, 0.1) is 5.75 Å². The van der Waals surface area contributed by atoms with Crippen LogP contribution in [0, 0.1) is 11.8 Å². The van der Waals surface area contributed by atoms with Crippen molar-refractivity contribution in [3.8, 4) is 0 Å². The maximum atomic E-state index is 11.8. The van der Waals surface area contributed by atoms with Gasteiger partial charge in [-0.15, -0.1) is 0 Å². The average molecular weight is 260 g/mol. The SMILES string of the molecule is CCN(C)C[C@@H]1CN(C(=O)CSC)C[C@@H]1CO. The van der Waals surface area contributed by atoms with Crippen LogP contribution in [0.4, 0.5) is 0 Å². The molecule has 1 heterocycles. The van der Waals surface area contributed by atoms with E-state index < -0.39 is 0 Å². The quantitative estimate of drug-likeness (QED) is 0.749. The molecule has 0 aliphatic carbocycles. The number of hydrogen-bond acceptors (Lipinski definition) is 4. The Morgan fingerprint density at radius 3 is 2.65 bits per heavy atom. The van der Waals surface area contributed by atoms with Gasteiger partial charge in [0.2, 0.25) is 5.91 Å². The molecular formula is C12H24N2O2S. The number of hydrogen-bond donors (Lipinski definition) is 1. The Balaban J connectivity index is 2.52. The zero-order chi connectivity index (χ0) is 12.8. The molecule has 4 nitrogen and oxygen atoms in total. The maximum Gasteiger partial charge on any atom is 0.232 e. The molecule has 100 valence electrons. The minimum Gasteiger partial charge on any atom is -0.396 e. The van der Waals surface area contributed by atoms with E-state index in [4.69, 9.17) is 0 Å². The standard InChI is InChI=1S/C12H24N2O2S/c1-4-13(2)5-10-6-14(7-11(10)8-15)12(16)9-17-3/h10-11,15H,4-9H2,1-3H3/t10-,11-/m1/s1. The van der Waals surface area contributed by atoms with Crippen LogP contribution in [-0.4, -0.2) is 72.7 Å². The predicted molar refractivity (Wildman–Crippen MR) is 72.2 cm³/mol. The van der Waals surface area contributed by atoms with E-state index in [1.807, 2.05) is 11.2 Å². The van der Waals surface area contributed by atoms with E-state index in [9.17, 15) is 9.90 Å². The normalized spacial score (nSPS) is 24.6. The Labute approximate surface area is 108 Å². The fourth-order valence-corrected chi connectivity index (χ4v) is 2.73. The van der Waals surface area contributed by atoms with Crippen LogP contribution >= 0.6 is 11.8 Å². The van der Waals surface area contributed by atoms with Gasteiger partial charge in [-0.1, -0.05) is 6.92 Å². The summed E-state index contributed by atoms with van der Waals surface area (Å²) in [4.78, 5) is 16.0. The van der Waals surface area contributed by atoms with Crippen molar-refractivity contribution in [3.05, 3.63) is 0 Å². The van der Waals surface area contributed by atoms with Gasteiger partial charge in [-0.05, 0) is 25.8 Å². The van der Waals surface area contributed by atoms with E-state index in [0.29, 0.717) is 11.7 Å². The summed E-state index contributed by atoms with van der Waals surface area (Å²) in [6.45, 7) is 5.80. The van der Waals surface area contributed by atoms with Crippen LogP contribution < -0.4 is 0 Å². The van der Waals surface area contributed by atoms with Crippen molar-refractivity contribution in [1.82, 2.24) is 9.80 Å². The van der Waals surface area contributed by atoms with E-state index in [1.165, 1.54) is 0 Å². The summed E-state index contributed by atoms with van der Waals surface area (Å²) < 4.78 is 0. The van der Waals surface area contributed by atoms with Crippen molar-refractivity contribution in [2.24, 2.45) is 11.8 Å². The summed E-state index contributed by atoms with van der Waals surface area (Å²) in [5, 5.41) is 9.39. The highest BCUT2D eigenvalue weighted by Crippen LogP contribution is 2.24. The van der Waals surface area contributed by atoms with E-state index in [1.54, 1.807) is 11.8 Å². The molecule has 1 saturated heterocycles. The Hall–Kier alpha value is -0.260. The first-order valence-corrected chi connectivity index (χ1v) is 7.57. The summed E-state index contributed by atoms with van der Waals surface area (Å²) in [7, 11) is 2.08. The van der Waals surface area contributed by atoms with Gasteiger partial charge in [0, 0.05) is 32.2 Å². The number of aliphatic hydroxyl groups is 1. The zero-order valence-electron chi connectivity index (χ0n) is 11.1. The van der Waals surface area contributed by atoms with Crippen LogP contribution in [0.1, 0.15) is 6.92 Å². The van der Waals surface area contributed by atoms with Crippen LogP contribution in [0.3, 0.4) is 0 Å². The Kier molecular flexibility index (Phi) is 6.30. The molecule has 1 amide bonds. The molecule has 0 spiro atoms. The molecule has 0 aromatic rings. The van der Waals surface area contributed by atoms with Crippen molar-refractivity contribution in [2.45, 2.75) is 6.92 Å². The average Bonchev–Trinajstić information content (AvgIpc) is 2.72. The third-order valence-corrected chi connectivity index (χ3v) is 4.05. The number of thioether (sulfide) groups is 1. The van der Waals surface area contributed by atoms with Crippen molar-refractivity contribution in [1.29, 1.82) is 0 Å². The monoisotopic (exact) mass is 260 g/mol. The first-order valence-electron chi connectivity index (χ1n) is 6.18. The Morgan fingerprint density at radius 2 is 2.12 bits per heavy atom. The lowest BCUT2D eigenvalue weighted by molar-refractivity contribution is -0.127. The van der Waals surface area contributed by atoms with Crippen molar-refractivity contribution < 1.29 is 9.90 Å². The first kappa shape index (κ1) is 14.8. The molecule has 2 atom stereocenters. The molecule has 0 radical (unpaired) electrons. The molecular weight excluding hydrogens is 236 g/mol. The van der Waals surface area contributed by atoms with E-state index >= 15 is 0 Å². The molecule has 17 heavy (non-hydrogen) atoms. The van der Waals surface area contributed by atoms with Gasteiger partial charge in [0.1, 0.15) is 0 Å². The molecule has 1 aliphatic rings. The number of aliphatic hydroxyl groups excluding tert-OH is 1. The van der Waals surface area contributed by atoms with Crippen molar-refractivity contribution >= 4 is 17.7 Å². The molecule has 1 fully saturated rings. The third kappa shape index (κ3) is 4.16. The van der Waals surface area contributed by atoms with Gasteiger partial charge in [-0.25, -0.2) is 0 Å². The lowest BCUT2D eigenvalue weighted by Crippen LogP contribution is -2.32. The van der Waals surface area contributed by atoms with E-state index in [2.05, 4.69) is 18.9 Å². The van der Waals surface area contributed by atoms with Crippen LogP contribution in [0.5, 0.6) is 0 Å². The largest absolute Gasteiger partial charge is 0.396 e. The van der Waals surface area contributed by atoms with Gasteiger partial charge >= 0.3 is 0 Å². The summed E-state index contributed by atoms with van der Waals surface area (Å²) >= 11 is 1.56. The lowest BCUT2D eigenvalue weighted by Gasteiger charge is -2.22. The van der Waals surface area contributed by atoms with Gasteiger partial charge in [-0.2, -0.15) is 11.8 Å². The summed E-state index contributed by atoms with van der Waals surface area (Å²) in [6, 6.07) is 0. The summed E-state index contributed by atoms with van der Waals surface area (Å²) in [5.74, 6) is 1.41. The number of nitrogens with zero attached hydrogens (tertiary/aromatic N) is 2. The highest BCUT2D eigenvalue weighted by Gasteiger charge is 2.34. The zero-order valence-corrected chi connectivity index (χ0v) is 11.9. The van der Waals surface area contributed by atoms with E-state index in [0.717, 1.165) is 26.2 Å². The highest BCUT2D eigenvalue weighted by molar-refractivity contribution is 7.99. The maximum absolute atomic E-state index is 11.8. The smallest absolute Gasteiger partial charge is 0.232 e. The number of carbonyl (C=O) groups is 1. The van der Waals surface area contributed by atoms with Crippen LogP contribution in [0.2, 0.25) is 0 Å². The number of carbonyl (C=O) groups excluding carboxylic acids is 1. The van der Waals surface area contributed by atoms with Crippen molar-refractivity contribution in [3.63, 3.8) is 0 Å². The summed E-state index contributed by atoms with van der Waals surface area (Å²) in [6.07, 6.45) is 1.94. The van der Waals surface area contributed by atoms with E-state index in [-0.39, 0.29) is 18.4 Å². The minimum absolute atomic E-state index is 0.186. The Bertz CT molecular complexity index is 251. The third-order valence-electron chi connectivity index (χ3n) is 3.52. The second-order valence-corrected chi connectivity index (χ2v) is 5.66. The van der Waals surface area contributed by atoms with Crippen LogP contribution in [0.25, 0.3) is 0 Å². The first-order chi connectivity index (χ1) is 8.12. The van der Waals surface area contributed by atoms with Crippen molar-refractivity contribution in [2.75, 3.05) is 51.8 Å². The molecule has 0 aromatic carbocycles. The number of likely N-dealkylation sites (tertiary alicyclic amines) is 1. The highest BCUT2D eigenvalue weighted by atomic mass is 32.2. The molecule has 0 bridgehead atoms. The van der Waals surface area contributed by atoms with Crippen LogP contribution in [-0.2, 0) is 4.79 Å². The van der Waals surface area contributed by atoms with Gasteiger partial charge in [0.15, 0.2) is 0 Å². The molecule has 0 aromatic heterocycles. The number of rotatable bonds is 6. The topological polar surface area (TPSA) is 43.8 Å². The van der Waals surface area contributed by atoms with Gasteiger partial charge in [0.25, 0.3) is 0 Å². The second kappa shape index (κ2) is 7.24. The second-order valence-electron chi connectivity index (χ2n) is 4.79. The van der Waals surface area contributed by atoms with Gasteiger partial charge < -0.3 is 14.9 Å². The molecule has 1 rings (SSSR count). The lowest BCUT2D eigenvalue weighted by atomic mass is 9.96. The molecule has 0 unspecified atom stereocenters.